The van der Waals surface area contributed by atoms with Gasteiger partial charge in [0.25, 0.3) is 0 Å². The number of carboxylic acids is 1. The lowest BCUT2D eigenvalue weighted by molar-refractivity contribution is -0.138. The summed E-state index contributed by atoms with van der Waals surface area (Å²) in [5.74, 6) is -0.680. The molecule has 0 fully saturated rings. The Morgan fingerprint density at radius 1 is 1.65 bits per heavy atom. The Balaban J connectivity index is 1.98. The first-order chi connectivity index (χ1) is 8.15. The fraction of sp³-hybridized carbons (Fsp3) is 0.375. The van der Waals surface area contributed by atoms with Crippen molar-refractivity contribution in [2.24, 2.45) is 5.73 Å². The molecule has 9 nitrogen and oxygen atoms in total. The van der Waals surface area contributed by atoms with Gasteiger partial charge in [-0.3, -0.25) is 4.79 Å². The second-order valence-corrected chi connectivity index (χ2v) is 3.39. The van der Waals surface area contributed by atoms with E-state index in [2.05, 4.69) is 20.5 Å². The van der Waals surface area contributed by atoms with Crippen molar-refractivity contribution < 1.29 is 14.4 Å². The fourth-order valence-corrected chi connectivity index (χ4v) is 1.23. The van der Waals surface area contributed by atoms with Crippen molar-refractivity contribution in [2.45, 2.75) is 19.0 Å². The van der Waals surface area contributed by atoms with Gasteiger partial charge in [0.2, 0.25) is 5.89 Å². The molecular formula is C8H10N6O3. The number of nitrogens with zero attached hydrogens (tertiary/aromatic N) is 5. The monoisotopic (exact) mass is 238 g/mol. The number of hydrogen-bond donors (Lipinski definition) is 2. The van der Waals surface area contributed by atoms with Gasteiger partial charge >= 0.3 is 5.97 Å². The maximum atomic E-state index is 10.6. The van der Waals surface area contributed by atoms with E-state index in [0.717, 1.165) is 0 Å². The smallest absolute Gasteiger partial charge is 0.320 e. The molecule has 2 aromatic heterocycles. The van der Waals surface area contributed by atoms with Crippen LogP contribution in [0.15, 0.2) is 17.0 Å². The minimum absolute atomic E-state index is 0.124. The van der Waals surface area contributed by atoms with Gasteiger partial charge in [-0.1, -0.05) is 10.4 Å². The Morgan fingerprint density at radius 3 is 3.12 bits per heavy atom. The zero-order chi connectivity index (χ0) is 12.3. The summed E-state index contributed by atoms with van der Waals surface area (Å²) in [7, 11) is 0. The maximum absolute atomic E-state index is 10.6. The predicted molar refractivity (Wildman–Crippen MR) is 52.7 cm³/mol. The average Bonchev–Trinajstić information content (AvgIpc) is 2.91. The average molecular weight is 238 g/mol. The number of hydrogen-bond acceptors (Lipinski definition) is 7. The van der Waals surface area contributed by atoms with Gasteiger partial charge in [0, 0.05) is 12.6 Å². The summed E-state index contributed by atoms with van der Waals surface area (Å²) < 4.78 is 6.27. The first kappa shape index (κ1) is 11.2. The third-order valence-electron chi connectivity index (χ3n) is 2.04. The zero-order valence-corrected chi connectivity index (χ0v) is 8.72. The van der Waals surface area contributed by atoms with E-state index in [-0.39, 0.29) is 13.0 Å². The largest absolute Gasteiger partial charge is 0.480 e. The Labute approximate surface area is 95.2 Å². The molecule has 1 unspecified atom stereocenters. The quantitative estimate of drug-likeness (QED) is 0.654. The van der Waals surface area contributed by atoms with Gasteiger partial charge in [0.1, 0.15) is 12.6 Å². The third kappa shape index (κ3) is 2.84. The first-order valence-corrected chi connectivity index (χ1v) is 4.78. The lowest BCUT2D eigenvalue weighted by Gasteiger charge is -2.01. The molecule has 0 aliphatic carbocycles. The van der Waals surface area contributed by atoms with Crippen molar-refractivity contribution in [1.29, 1.82) is 0 Å². The van der Waals surface area contributed by atoms with Crippen LogP contribution in [0.2, 0.25) is 0 Å². The third-order valence-corrected chi connectivity index (χ3v) is 2.04. The molecule has 2 heterocycles. The van der Waals surface area contributed by atoms with Gasteiger partial charge in [-0.2, -0.15) is 4.98 Å². The van der Waals surface area contributed by atoms with Crippen molar-refractivity contribution >= 4 is 5.97 Å². The molecule has 2 rings (SSSR count). The molecule has 1 atom stereocenters. The van der Waals surface area contributed by atoms with Crippen molar-refractivity contribution in [2.75, 3.05) is 0 Å². The van der Waals surface area contributed by atoms with E-state index in [0.29, 0.717) is 11.6 Å². The highest BCUT2D eigenvalue weighted by molar-refractivity contribution is 5.73. The number of aliphatic carboxylic acids is 1. The van der Waals surface area contributed by atoms with Crippen LogP contribution in [0.3, 0.4) is 0 Å². The first-order valence-electron chi connectivity index (χ1n) is 4.78. The lowest BCUT2D eigenvalue weighted by atomic mass is 10.2. The van der Waals surface area contributed by atoms with Crippen LogP contribution >= 0.6 is 0 Å². The van der Waals surface area contributed by atoms with Crippen LogP contribution in [0, 0.1) is 0 Å². The van der Waals surface area contributed by atoms with Gasteiger partial charge < -0.3 is 15.4 Å². The van der Waals surface area contributed by atoms with E-state index in [1.54, 1.807) is 6.20 Å². The van der Waals surface area contributed by atoms with Gasteiger partial charge in [-0.25, -0.2) is 4.68 Å². The molecule has 0 aliphatic rings. The highest BCUT2D eigenvalue weighted by atomic mass is 16.5. The molecule has 90 valence electrons. The molecule has 0 aliphatic heterocycles. The Bertz CT molecular complexity index is 493. The maximum Gasteiger partial charge on any atom is 0.320 e. The minimum Gasteiger partial charge on any atom is -0.480 e. The zero-order valence-electron chi connectivity index (χ0n) is 8.72. The summed E-state index contributed by atoms with van der Waals surface area (Å²) in [6, 6.07) is -0.983. The van der Waals surface area contributed by atoms with Gasteiger partial charge in [-0.15, -0.1) is 5.10 Å². The van der Waals surface area contributed by atoms with E-state index >= 15 is 0 Å². The summed E-state index contributed by atoms with van der Waals surface area (Å²) in [4.78, 5) is 14.4. The number of carboxylic acid groups (broad SMARTS) is 1. The molecule has 2 aromatic rings. The van der Waals surface area contributed by atoms with E-state index in [4.69, 9.17) is 15.4 Å². The van der Waals surface area contributed by atoms with Crippen LogP contribution in [-0.2, 0) is 17.8 Å². The van der Waals surface area contributed by atoms with Gasteiger partial charge in [0.15, 0.2) is 6.33 Å². The normalized spacial score (nSPS) is 12.5. The van der Waals surface area contributed by atoms with Crippen LogP contribution in [-0.4, -0.2) is 42.3 Å². The van der Waals surface area contributed by atoms with Crippen molar-refractivity contribution in [3.05, 3.63) is 24.1 Å². The summed E-state index contributed by atoms with van der Waals surface area (Å²) in [5, 5.41) is 19.7. The van der Waals surface area contributed by atoms with Crippen LogP contribution in [0.1, 0.15) is 11.6 Å². The summed E-state index contributed by atoms with van der Waals surface area (Å²) >= 11 is 0. The van der Waals surface area contributed by atoms with Crippen LogP contribution in [0.5, 0.6) is 0 Å². The Morgan fingerprint density at radius 2 is 2.47 bits per heavy atom. The van der Waals surface area contributed by atoms with E-state index in [1.807, 2.05) is 0 Å². The van der Waals surface area contributed by atoms with Crippen LogP contribution in [0.25, 0.3) is 0 Å². The molecule has 0 saturated heterocycles. The number of rotatable bonds is 5. The molecule has 0 amide bonds. The second-order valence-electron chi connectivity index (χ2n) is 3.39. The number of carbonyl (C=O) groups is 1. The van der Waals surface area contributed by atoms with Crippen LogP contribution in [0.4, 0.5) is 0 Å². The molecule has 9 heteroatoms. The van der Waals surface area contributed by atoms with Crippen LogP contribution < -0.4 is 5.73 Å². The summed E-state index contributed by atoms with van der Waals surface area (Å²) in [6.45, 7) is 0.287. The van der Waals surface area contributed by atoms with Gasteiger partial charge in [-0.05, 0) is 0 Å². The highest BCUT2D eigenvalue weighted by Gasteiger charge is 2.14. The molecule has 0 aromatic carbocycles. The molecule has 0 saturated carbocycles. The molecule has 3 N–H and O–H groups in total. The van der Waals surface area contributed by atoms with E-state index < -0.39 is 12.0 Å². The standard InChI is InChI=1S/C8H10N6O3/c9-6(8(15)16)1-5-2-14(13-12-5)3-7-10-4-11-17-7/h2,4,6H,1,3,9H2,(H,15,16). The van der Waals surface area contributed by atoms with Crippen molar-refractivity contribution in [1.82, 2.24) is 25.1 Å². The van der Waals surface area contributed by atoms with E-state index in [1.165, 1.54) is 11.0 Å². The molecule has 0 bridgehead atoms. The minimum atomic E-state index is -1.07. The highest BCUT2D eigenvalue weighted by Crippen LogP contribution is 2.00. The molecule has 0 spiro atoms. The number of nitrogens with two attached hydrogens (primary N) is 1. The lowest BCUT2D eigenvalue weighted by Crippen LogP contribution is -2.32. The van der Waals surface area contributed by atoms with Crippen molar-refractivity contribution in [3.63, 3.8) is 0 Å². The molecule has 17 heavy (non-hydrogen) atoms. The number of aromatic nitrogens is 5. The van der Waals surface area contributed by atoms with Crippen molar-refractivity contribution in [3.8, 4) is 0 Å². The Kier molecular flexibility index (Phi) is 3.10. The molecular weight excluding hydrogens is 228 g/mol. The summed E-state index contributed by atoms with van der Waals surface area (Å²) in [6.07, 6.45) is 3.00. The second kappa shape index (κ2) is 4.70. The topological polar surface area (TPSA) is 133 Å². The Hall–Kier alpha value is -2.29. The SMILES string of the molecule is NC(Cc1cn(Cc2ncno2)nn1)C(=O)O. The summed E-state index contributed by atoms with van der Waals surface area (Å²) in [5.41, 5.74) is 5.88. The van der Waals surface area contributed by atoms with Gasteiger partial charge in [0.05, 0.1) is 5.69 Å². The fourth-order valence-electron chi connectivity index (χ4n) is 1.23. The predicted octanol–water partition coefficient (Wildman–Crippen LogP) is -1.34. The van der Waals surface area contributed by atoms with E-state index in [9.17, 15) is 4.79 Å². The molecule has 0 radical (unpaired) electrons.